The standard InChI is InChI=1S/C27H33N7O3/c1-20-8-9-23(26(36)29-12-5-14-33-17-13-28-19-33)25(31-20)21-10-15-34(16-11-21)24(35)18-30-27(37)32-22-6-3-2-4-7-22/h2-4,6-9,13,17,19,21H,5,10-12,14-16,18H2,1H3,(H,29,36)(H2,30,32,37). The lowest BCUT2D eigenvalue weighted by atomic mass is 9.89. The highest BCUT2D eigenvalue weighted by molar-refractivity contribution is 5.95. The lowest BCUT2D eigenvalue weighted by Crippen LogP contribution is -2.44. The zero-order valence-electron chi connectivity index (χ0n) is 21.0. The maximum Gasteiger partial charge on any atom is 0.319 e. The van der Waals surface area contributed by atoms with Gasteiger partial charge in [0.1, 0.15) is 0 Å². The average Bonchev–Trinajstić information content (AvgIpc) is 3.44. The van der Waals surface area contributed by atoms with Crippen molar-refractivity contribution in [3.63, 3.8) is 0 Å². The monoisotopic (exact) mass is 503 g/mol. The third-order valence-corrected chi connectivity index (χ3v) is 6.41. The molecule has 2 aromatic heterocycles. The van der Waals surface area contributed by atoms with Gasteiger partial charge in [0.25, 0.3) is 5.91 Å². The van der Waals surface area contributed by atoms with Crippen LogP contribution in [-0.2, 0) is 11.3 Å². The number of carbonyl (C=O) groups excluding carboxylic acids is 3. The van der Waals surface area contributed by atoms with Crippen molar-refractivity contribution in [2.45, 2.75) is 38.6 Å². The highest BCUT2D eigenvalue weighted by atomic mass is 16.2. The number of benzene rings is 1. The number of amides is 4. The number of carbonyl (C=O) groups is 3. The molecule has 194 valence electrons. The van der Waals surface area contributed by atoms with Crippen molar-refractivity contribution in [2.24, 2.45) is 0 Å². The van der Waals surface area contributed by atoms with E-state index in [1.807, 2.05) is 48.0 Å². The fraction of sp³-hybridized carbons (Fsp3) is 0.370. The number of nitrogens with one attached hydrogen (secondary N) is 3. The minimum Gasteiger partial charge on any atom is -0.352 e. The van der Waals surface area contributed by atoms with Crippen LogP contribution in [0, 0.1) is 6.92 Å². The van der Waals surface area contributed by atoms with Crippen LogP contribution in [0.4, 0.5) is 10.5 Å². The van der Waals surface area contributed by atoms with Crippen molar-refractivity contribution in [1.29, 1.82) is 0 Å². The molecule has 0 saturated carbocycles. The summed E-state index contributed by atoms with van der Waals surface area (Å²) < 4.78 is 1.98. The van der Waals surface area contributed by atoms with Crippen LogP contribution in [0.5, 0.6) is 0 Å². The Morgan fingerprint density at radius 1 is 1.03 bits per heavy atom. The lowest BCUT2D eigenvalue weighted by molar-refractivity contribution is -0.131. The van der Waals surface area contributed by atoms with E-state index in [2.05, 4.69) is 20.9 Å². The first kappa shape index (κ1) is 25.9. The summed E-state index contributed by atoms with van der Waals surface area (Å²) in [6, 6.07) is 12.4. The van der Waals surface area contributed by atoms with Crippen LogP contribution in [0.25, 0.3) is 0 Å². The average molecular weight is 504 g/mol. The molecule has 1 aromatic carbocycles. The Bertz CT molecular complexity index is 1190. The second kappa shape index (κ2) is 12.7. The summed E-state index contributed by atoms with van der Waals surface area (Å²) in [6.07, 6.45) is 7.61. The maximum atomic E-state index is 13.0. The van der Waals surface area contributed by atoms with Gasteiger partial charge in [-0.3, -0.25) is 14.6 Å². The number of aryl methyl sites for hydroxylation is 2. The highest BCUT2D eigenvalue weighted by Gasteiger charge is 2.28. The van der Waals surface area contributed by atoms with Crippen LogP contribution in [-0.4, -0.2) is 63.5 Å². The molecule has 1 aliphatic heterocycles. The van der Waals surface area contributed by atoms with E-state index in [0.29, 0.717) is 43.7 Å². The summed E-state index contributed by atoms with van der Waals surface area (Å²) in [5.41, 5.74) is 2.91. The minimum absolute atomic E-state index is 0.0707. The Morgan fingerprint density at radius 3 is 2.54 bits per heavy atom. The molecule has 10 heteroatoms. The van der Waals surface area contributed by atoms with E-state index in [9.17, 15) is 14.4 Å². The van der Waals surface area contributed by atoms with Crippen molar-refractivity contribution in [3.8, 4) is 0 Å². The van der Waals surface area contributed by atoms with Gasteiger partial charge in [0.05, 0.1) is 24.1 Å². The van der Waals surface area contributed by atoms with Gasteiger partial charge in [-0.05, 0) is 50.5 Å². The first-order valence-corrected chi connectivity index (χ1v) is 12.6. The number of aromatic nitrogens is 3. The number of hydrogen-bond donors (Lipinski definition) is 3. The van der Waals surface area contributed by atoms with Crippen LogP contribution in [0.15, 0.2) is 61.2 Å². The van der Waals surface area contributed by atoms with E-state index >= 15 is 0 Å². The number of nitrogens with zero attached hydrogens (tertiary/aromatic N) is 4. The van der Waals surface area contributed by atoms with Gasteiger partial charge < -0.3 is 25.4 Å². The van der Waals surface area contributed by atoms with Crippen LogP contribution in [0.1, 0.15) is 46.9 Å². The Morgan fingerprint density at radius 2 is 1.81 bits per heavy atom. The molecule has 4 amide bonds. The number of para-hydroxylation sites is 1. The predicted molar refractivity (Wildman–Crippen MR) is 140 cm³/mol. The number of likely N-dealkylation sites (tertiary alicyclic amines) is 1. The molecule has 3 N–H and O–H groups in total. The fourth-order valence-corrected chi connectivity index (χ4v) is 4.42. The van der Waals surface area contributed by atoms with Gasteiger partial charge in [0.2, 0.25) is 5.91 Å². The third kappa shape index (κ3) is 7.39. The van der Waals surface area contributed by atoms with E-state index in [0.717, 1.165) is 24.4 Å². The van der Waals surface area contributed by atoms with Crippen LogP contribution < -0.4 is 16.0 Å². The van der Waals surface area contributed by atoms with E-state index in [4.69, 9.17) is 4.98 Å². The molecular weight excluding hydrogens is 470 g/mol. The quantitative estimate of drug-likeness (QED) is 0.388. The second-order valence-electron chi connectivity index (χ2n) is 9.12. The van der Waals surface area contributed by atoms with Gasteiger partial charge in [-0.15, -0.1) is 0 Å². The van der Waals surface area contributed by atoms with Gasteiger partial charge in [0.15, 0.2) is 0 Å². The summed E-state index contributed by atoms with van der Waals surface area (Å²) in [5, 5.41) is 8.34. The van der Waals surface area contributed by atoms with Crippen molar-refractivity contribution in [2.75, 3.05) is 31.5 Å². The van der Waals surface area contributed by atoms with Crippen LogP contribution in [0.3, 0.4) is 0 Å². The van der Waals surface area contributed by atoms with E-state index in [1.165, 1.54) is 0 Å². The molecule has 10 nitrogen and oxygen atoms in total. The summed E-state index contributed by atoms with van der Waals surface area (Å²) in [5.74, 6) is -0.167. The summed E-state index contributed by atoms with van der Waals surface area (Å²) in [6.45, 7) is 4.29. The molecule has 3 aromatic rings. The van der Waals surface area contributed by atoms with Gasteiger partial charge in [-0.25, -0.2) is 9.78 Å². The first-order valence-electron chi connectivity index (χ1n) is 12.6. The summed E-state index contributed by atoms with van der Waals surface area (Å²) in [7, 11) is 0. The molecule has 0 unspecified atom stereocenters. The molecule has 1 saturated heterocycles. The highest BCUT2D eigenvalue weighted by Crippen LogP contribution is 2.29. The summed E-state index contributed by atoms with van der Waals surface area (Å²) >= 11 is 0. The molecule has 3 heterocycles. The normalized spacial score (nSPS) is 13.7. The van der Waals surface area contributed by atoms with Crippen molar-refractivity contribution in [1.82, 2.24) is 30.1 Å². The number of pyridine rings is 1. The molecular formula is C27H33N7O3. The first-order chi connectivity index (χ1) is 18.0. The molecule has 1 aliphatic rings. The largest absolute Gasteiger partial charge is 0.352 e. The number of hydrogen-bond acceptors (Lipinski definition) is 5. The van der Waals surface area contributed by atoms with E-state index < -0.39 is 6.03 Å². The second-order valence-corrected chi connectivity index (χ2v) is 9.12. The number of anilines is 1. The van der Waals surface area contributed by atoms with Crippen LogP contribution >= 0.6 is 0 Å². The third-order valence-electron chi connectivity index (χ3n) is 6.41. The number of piperidine rings is 1. The Labute approximate surface area is 216 Å². The number of rotatable bonds is 9. The van der Waals surface area contributed by atoms with Crippen molar-refractivity contribution < 1.29 is 14.4 Å². The molecule has 0 aliphatic carbocycles. The van der Waals surface area contributed by atoms with Gasteiger partial charge in [-0.1, -0.05) is 18.2 Å². The van der Waals surface area contributed by atoms with E-state index in [1.54, 1.807) is 29.6 Å². The maximum absolute atomic E-state index is 13.0. The smallest absolute Gasteiger partial charge is 0.319 e. The Kier molecular flexibility index (Phi) is 8.85. The van der Waals surface area contributed by atoms with Gasteiger partial charge in [0, 0.05) is 55.9 Å². The molecule has 0 spiro atoms. The zero-order chi connectivity index (χ0) is 26.0. The van der Waals surface area contributed by atoms with Crippen molar-refractivity contribution >= 4 is 23.5 Å². The predicted octanol–water partition coefficient (Wildman–Crippen LogP) is 2.93. The minimum atomic E-state index is -0.418. The molecule has 0 atom stereocenters. The van der Waals surface area contributed by atoms with E-state index in [-0.39, 0.29) is 24.3 Å². The molecule has 0 radical (unpaired) electrons. The van der Waals surface area contributed by atoms with Gasteiger partial charge in [-0.2, -0.15) is 0 Å². The van der Waals surface area contributed by atoms with Gasteiger partial charge >= 0.3 is 6.03 Å². The Balaban J connectivity index is 1.26. The molecule has 1 fully saturated rings. The Hall–Kier alpha value is -4.21. The summed E-state index contributed by atoms with van der Waals surface area (Å²) in [4.78, 5) is 48.2. The van der Waals surface area contributed by atoms with Crippen LogP contribution in [0.2, 0.25) is 0 Å². The topological polar surface area (TPSA) is 121 Å². The molecule has 4 rings (SSSR count). The van der Waals surface area contributed by atoms with Crippen molar-refractivity contribution in [3.05, 3.63) is 78.1 Å². The lowest BCUT2D eigenvalue weighted by Gasteiger charge is -2.32. The number of urea groups is 1. The molecule has 0 bridgehead atoms. The zero-order valence-corrected chi connectivity index (χ0v) is 21.0. The SMILES string of the molecule is Cc1ccc(C(=O)NCCCn2ccnc2)c(C2CCN(C(=O)CNC(=O)Nc3ccccc3)CC2)n1. The fourth-order valence-electron chi connectivity index (χ4n) is 4.42. The molecule has 37 heavy (non-hydrogen) atoms. The number of imidazole rings is 1.